The van der Waals surface area contributed by atoms with Crippen LogP contribution in [0.5, 0.6) is 5.75 Å². The molecule has 0 saturated carbocycles. The second-order valence-electron chi connectivity index (χ2n) is 19.2. The fraction of sp³-hybridized carbons (Fsp3) is 0.653. The molecule has 3 saturated heterocycles. The third-order valence-electron chi connectivity index (χ3n) is 14.6. The molecule has 0 spiro atoms. The number of likely N-dealkylation sites (N-methyl/N-ethyl adjacent to an activating group) is 1. The van der Waals surface area contributed by atoms with Crippen LogP contribution in [0.3, 0.4) is 0 Å². The van der Waals surface area contributed by atoms with Crippen molar-refractivity contribution in [1.29, 1.82) is 0 Å². The van der Waals surface area contributed by atoms with Gasteiger partial charge in [0.15, 0.2) is 11.5 Å². The summed E-state index contributed by atoms with van der Waals surface area (Å²) in [5.41, 5.74) is 1.50. The molecule has 4 aliphatic heterocycles. The molecule has 4 bridgehead atoms. The number of benzene rings is 1. The standard InChI is InChI=1S/C49H68Br2ClN7O10S/c1-29-10-9-11-41(67-8)49(65)24-40(68-47(64)53-49)30(2)46-48(4,69-46)34(23-43(62)57(6)36-21-33(20-29)22-39(66-7)45(36)52)12-13-38(60)31(3)56(5)42(61)16-19-70-28-44(63)58-17-14-32(15-18-58)27-59-37(26-51)35(25-50)54-55-59/h9-11,21-22,30-32,34,40-41,46,65H,12-20,23-28H2,1-8H3,(H,53,64)/b11-9+,29-10+/t30-,31+,34+,40+,41-,46+,48+,49+/m1/s1. The second kappa shape index (κ2) is 24.5. The van der Waals surface area contributed by atoms with Crippen LogP contribution in [-0.2, 0) is 57.0 Å². The third kappa shape index (κ3) is 13.2. The number of ketones is 1. The normalized spacial score (nSPS) is 28.2. The highest BCUT2D eigenvalue weighted by Gasteiger charge is 2.62. The fourth-order valence-electron chi connectivity index (χ4n) is 9.88. The van der Waals surface area contributed by atoms with Gasteiger partial charge in [-0.15, -0.1) is 5.10 Å². The van der Waals surface area contributed by atoms with Gasteiger partial charge in [-0.05, 0) is 76.0 Å². The molecule has 21 heteroatoms. The van der Waals surface area contributed by atoms with E-state index in [1.165, 1.54) is 35.8 Å². The zero-order valence-corrected chi connectivity index (χ0v) is 46.1. The van der Waals surface area contributed by atoms with Crippen molar-refractivity contribution in [3.8, 4) is 5.75 Å². The number of anilines is 1. The van der Waals surface area contributed by atoms with Crippen LogP contribution < -0.4 is 15.0 Å². The number of hydrogen-bond donors (Lipinski definition) is 2. The predicted octanol–water partition coefficient (Wildman–Crippen LogP) is 7.01. The minimum atomic E-state index is -1.80. The van der Waals surface area contributed by atoms with Crippen molar-refractivity contribution in [3.63, 3.8) is 0 Å². The number of fused-ring (bicyclic) bond motifs is 5. The van der Waals surface area contributed by atoms with E-state index < -0.39 is 53.6 Å². The molecular weight excluding hydrogens is 1070 g/mol. The molecule has 0 aliphatic carbocycles. The molecule has 5 heterocycles. The summed E-state index contributed by atoms with van der Waals surface area (Å²) in [6, 6.07) is 2.93. The number of likely N-dealkylation sites (tertiary alicyclic amines) is 1. The zero-order valence-electron chi connectivity index (χ0n) is 41.4. The molecular formula is C49H68Br2ClN7O10S. The van der Waals surface area contributed by atoms with E-state index in [9.17, 15) is 29.1 Å². The van der Waals surface area contributed by atoms with E-state index in [1.807, 2.05) is 48.6 Å². The number of thioether (sulfide) groups is 1. The highest BCUT2D eigenvalue weighted by molar-refractivity contribution is 9.09. The molecule has 1 aromatic heterocycles. The third-order valence-corrected chi connectivity index (χ3v) is 17.0. The van der Waals surface area contributed by atoms with Gasteiger partial charge in [-0.3, -0.25) is 24.5 Å². The minimum absolute atomic E-state index is 0.00823. The van der Waals surface area contributed by atoms with Crippen LogP contribution in [0.2, 0.25) is 5.02 Å². The molecule has 17 nitrogen and oxygen atoms in total. The maximum Gasteiger partial charge on any atom is 0.409 e. The average molecular weight is 1140 g/mol. The average Bonchev–Trinajstić information content (AvgIpc) is 3.88. The number of alkyl carbamates (subject to hydrolysis) is 1. The molecule has 3 fully saturated rings. The summed E-state index contributed by atoms with van der Waals surface area (Å²) in [7, 11) is 6.23. The first-order valence-corrected chi connectivity index (χ1v) is 27.6. The molecule has 1 aromatic carbocycles. The molecule has 8 atom stereocenters. The summed E-state index contributed by atoms with van der Waals surface area (Å²) in [5, 5.41) is 24.6. The number of nitrogens with zero attached hydrogens (tertiary/aromatic N) is 6. The second-order valence-corrected chi connectivity index (χ2v) is 21.8. The summed E-state index contributed by atoms with van der Waals surface area (Å²) < 4.78 is 25.5. The van der Waals surface area contributed by atoms with Gasteiger partial charge >= 0.3 is 6.09 Å². The lowest BCUT2D eigenvalue weighted by Gasteiger charge is -2.42. The topological polar surface area (TPSA) is 198 Å². The van der Waals surface area contributed by atoms with Crippen molar-refractivity contribution in [2.45, 2.75) is 132 Å². The van der Waals surface area contributed by atoms with Crippen LogP contribution in [-0.4, -0.2) is 148 Å². The summed E-state index contributed by atoms with van der Waals surface area (Å²) in [6.07, 6.45) is 4.98. The largest absolute Gasteiger partial charge is 0.495 e. The number of epoxide rings is 1. The predicted molar refractivity (Wildman–Crippen MR) is 275 cm³/mol. The van der Waals surface area contributed by atoms with Crippen molar-refractivity contribution in [2.75, 3.05) is 57.8 Å². The molecule has 70 heavy (non-hydrogen) atoms. The van der Waals surface area contributed by atoms with Gasteiger partial charge in [-0.25, -0.2) is 9.48 Å². The highest BCUT2D eigenvalue weighted by atomic mass is 79.9. The molecule has 386 valence electrons. The Bertz CT molecular complexity index is 2300. The lowest BCUT2D eigenvalue weighted by atomic mass is 9.78. The Labute approximate surface area is 437 Å². The number of aliphatic hydroxyl groups is 1. The lowest BCUT2D eigenvalue weighted by Crippen LogP contribution is -2.63. The summed E-state index contributed by atoms with van der Waals surface area (Å²) >= 11 is 15.3. The number of Topliss-reactive ketones (excluding diaryl/α,β-unsaturated/α-hetero) is 1. The number of piperidine rings is 1. The van der Waals surface area contributed by atoms with Crippen LogP contribution in [0.25, 0.3) is 0 Å². The van der Waals surface area contributed by atoms with Gasteiger partial charge in [0, 0.05) is 88.9 Å². The number of methoxy groups -OCH3 is 2. The Balaban J connectivity index is 1.08. The Hall–Kier alpha value is -3.53. The van der Waals surface area contributed by atoms with Crippen molar-refractivity contribution >= 4 is 90.5 Å². The van der Waals surface area contributed by atoms with Crippen LogP contribution in [0.4, 0.5) is 10.5 Å². The fourth-order valence-corrected chi connectivity index (χ4v) is 12.1. The molecule has 4 aliphatic rings. The Morgan fingerprint density at radius 3 is 2.54 bits per heavy atom. The van der Waals surface area contributed by atoms with E-state index in [1.54, 1.807) is 33.2 Å². The number of rotatable bonds is 16. The number of allylic oxidation sites excluding steroid dienone is 3. The van der Waals surface area contributed by atoms with Crippen molar-refractivity contribution in [2.24, 2.45) is 17.8 Å². The van der Waals surface area contributed by atoms with E-state index in [4.69, 9.17) is 30.5 Å². The van der Waals surface area contributed by atoms with Gasteiger partial charge in [-0.1, -0.05) is 79.4 Å². The van der Waals surface area contributed by atoms with Gasteiger partial charge in [0.1, 0.15) is 23.0 Å². The maximum atomic E-state index is 14.4. The maximum absolute atomic E-state index is 14.4. The Morgan fingerprint density at radius 2 is 1.87 bits per heavy atom. The molecule has 6 rings (SSSR count). The van der Waals surface area contributed by atoms with E-state index in [0.717, 1.165) is 41.9 Å². The number of nitrogens with one attached hydrogen (secondary N) is 1. The first-order chi connectivity index (χ1) is 33.3. The van der Waals surface area contributed by atoms with Crippen molar-refractivity contribution in [1.82, 2.24) is 30.1 Å². The van der Waals surface area contributed by atoms with Gasteiger partial charge in [0.25, 0.3) is 0 Å². The number of hydrogen-bond acceptors (Lipinski definition) is 13. The van der Waals surface area contributed by atoms with E-state index >= 15 is 0 Å². The van der Waals surface area contributed by atoms with Crippen LogP contribution in [0.15, 0.2) is 35.9 Å². The minimum Gasteiger partial charge on any atom is -0.495 e. The molecule has 2 N–H and O–H groups in total. The number of amides is 4. The van der Waals surface area contributed by atoms with Crippen molar-refractivity contribution in [3.05, 3.63) is 57.9 Å². The zero-order chi connectivity index (χ0) is 51.1. The SMILES string of the molecule is COc1cc2cc(c1Cl)N(C)C(=O)C[C@H](CCC(=O)[C@H](C)N(C)C(=O)CCSCC(=O)N1CCC(Cn3nnc(CBr)c3CBr)CC1)[C@]1(C)O[C@H]1[C@H](C)[C@@H]1C[C@@](O)(NC(=O)O1)[C@H](OC)/C=C/C=C(\C)C2. The van der Waals surface area contributed by atoms with E-state index in [-0.39, 0.29) is 66.4 Å². The van der Waals surface area contributed by atoms with Gasteiger partial charge in [0.2, 0.25) is 17.7 Å². The number of ether oxygens (including phenoxy) is 4. The highest BCUT2D eigenvalue weighted by Crippen LogP contribution is 2.52. The Kier molecular flexibility index (Phi) is 19.5. The van der Waals surface area contributed by atoms with Crippen LogP contribution in [0, 0.1) is 17.8 Å². The smallest absolute Gasteiger partial charge is 0.409 e. The number of carbonyl (C=O) groups is 5. The first kappa shape index (κ1) is 55.8. The lowest BCUT2D eigenvalue weighted by molar-refractivity contribution is -0.142. The molecule has 2 aromatic rings. The van der Waals surface area contributed by atoms with Gasteiger partial charge in [-0.2, -0.15) is 11.8 Å². The van der Waals surface area contributed by atoms with Gasteiger partial charge in [0.05, 0.1) is 47.7 Å². The van der Waals surface area contributed by atoms with Crippen molar-refractivity contribution < 1.29 is 48.0 Å². The number of halogens is 3. The van der Waals surface area contributed by atoms with E-state index in [2.05, 4.69) is 47.5 Å². The summed E-state index contributed by atoms with van der Waals surface area (Å²) in [6.45, 7) is 9.52. The number of aromatic nitrogens is 3. The number of carbonyl (C=O) groups excluding carboxylic acids is 5. The number of alkyl halides is 2. The molecule has 4 amide bonds. The van der Waals surface area contributed by atoms with Gasteiger partial charge < -0.3 is 38.8 Å². The monoisotopic (exact) mass is 1140 g/mol. The Morgan fingerprint density at radius 1 is 1.14 bits per heavy atom. The summed E-state index contributed by atoms with van der Waals surface area (Å²) in [4.78, 5) is 72.7. The van der Waals surface area contributed by atoms with E-state index in [0.29, 0.717) is 53.3 Å². The molecule has 0 unspecified atom stereocenters. The van der Waals surface area contributed by atoms with Crippen LogP contribution in [0.1, 0.15) is 89.6 Å². The summed E-state index contributed by atoms with van der Waals surface area (Å²) in [5.74, 6) is -0.0351. The van der Waals surface area contributed by atoms with Crippen LogP contribution >= 0.6 is 55.2 Å². The molecule has 0 radical (unpaired) electrons. The first-order valence-electron chi connectivity index (χ1n) is 23.8. The quantitative estimate of drug-likeness (QED) is 0.0990.